The molecule has 0 saturated carbocycles. The normalized spacial score (nSPS) is 12.4. The van der Waals surface area contributed by atoms with E-state index in [9.17, 15) is 0 Å². The fourth-order valence-corrected chi connectivity index (χ4v) is 1.23. The fourth-order valence-electron chi connectivity index (χ4n) is 1.03. The highest BCUT2D eigenvalue weighted by Crippen LogP contribution is 2.16. The van der Waals surface area contributed by atoms with Gasteiger partial charge in [0.05, 0.1) is 5.69 Å². The van der Waals surface area contributed by atoms with E-state index in [1.165, 1.54) is 0 Å². The Balaban J connectivity index is 2.61. The Labute approximate surface area is 89.8 Å². The summed E-state index contributed by atoms with van der Waals surface area (Å²) in [6.45, 7) is 4.99. The van der Waals surface area contributed by atoms with Crippen LogP contribution in [0.3, 0.4) is 0 Å². The van der Waals surface area contributed by atoms with Gasteiger partial charge in [0, 0.05) is 31.2 Å². The van der Waals surface area contributed by atoms with Crippen molar-refractivity contribution in [2.24, 2.45) is 7.05 Å². The van der Waals surface area contributed by atoms with Crippen molar-refractivity contribution in [3.05, 3.63) is 11.9 Å². The van der Waals surface area contributed by atoms with E-state index in [1.54, 1.807) is 4.68 Å². The molecule has 0 radical (unpaired) electrons. The molecule has 0 atom stereocenters. The summed E-state index contributed by atoms with van der Waals surface area (Å²) in [5.74, 6) is 0.601. The first kappa shape index (κ1) is 11.5. The van der Waals surface area contributed by atoms with Crippen molar-refractivity contribution in [1.29, 1.82) is 0 Å². The van der Waals surface area contributed by atoms with E-state index in [-0.39, 0.29) is 5.54 Å². The lowest BCUT2D eigenvalue weighted by molar-refractivity contribution is 0.168. The number of hydrogen-bond acceptors (Lipinski definition) is 3. The minimum Gasteiger partial charge on any atom is -0.294 e. The van der Waals surface area contributed by atoms with Gasteiger partial charge in [-0.3, -0.25) is 9.58 Å². The average molecular weight is 217 g/mol. The van der Waals surface area contributed by atoms with E-state index in [4.69, 9.17) is 11.6 Å². The van der Waals surface area contributed by atoms with Gasteiger partial charge in [-0.25, -0.2) is 0 Å². The van der Waals surface area contributed by atoms with Crippen molar-refractivity contribution < 1.29 is 0 Å². The zero-order valence-corrected chi connectivity index (χ0v) is 9.91. The summed E-state index contributed by atoms with van der Waals surface area (Å²) in [6.07, 6.45) is 1.92. The Kier molecular flexibility index (Phi) is 3.50. The number of rotatable bonds is 4. The molecule has 1 rings (SSSR count). The molecule has 14 heavy (non-hydrogen) atoms. The molecule has 0 aliphatic heterocycles. The second-order valence-corrected chi connectivity index (χ2v) is 4.45. The van der Waals surface area contributed by atoms with Gasteiger partial charge in [0.2, 0.25) is 0 Å². The predicted molar refractivity (Wildman–Crippen MR) is 57.3 cm³/mol. The van der Waals surface area contributed by atoms with Gasteiger partial charge in [-0.15, -0.1) is 16.7 Å². The largest absolute Gasteiger partial charge is 0.294 e. The zero-order chi connectivity index (χ0) is 10.8. The van der Waals surface area contributed by atoms with Gasteiger partial charge >= 0.3 is 0 Å². The molecule has 0 unspecified atom stereocenters. The number of halogens is 1. The summed E-state index contributed by atoms with van der Waals surface area (Å²) in [5, 5.41) is 7.92. The van der Waals surface area contributed by atoms with Crippen LogP contribution in [0.5, 0.6) is 0 Å². The zero-order valence-electron chi connectivity index (χ0n) is 9.16. The van der Waals surface area contributed by atoms with E-state index in [1.807, 2.05) is 20.3 Å². The highest BCUT2D eigenvalue weighted by atomic mass is 35.5. The molecule has 0 spiro atoms. The Morgan fingerprint density at radius 1 is 1.57 bits per heavy atom. The Bertz CT molecular complexity index is 295. The third kappa shape index (κ3) is 2.69. The van der Waals surface area contributed by atoms with Crippen molar-refractivity contribution in [2.75, 3.05) is 12.9 Å². The van der Waals surface area contributed by atoms with Crippen molar-refractivity contribution in [3.63, 3.8) is 0 Å². The number of aromatic nitrogens is 3. The third-order valence-electron chi connectivity index (χ3n) is 2.41. The Morgan fingerprint density at radius 3 is 2.64 bits per heavy atom. The molecular formula is C9H17ClN4. The maximum Gasteiger partial charge on any atom is 0.0967 e. The van der Waals surface area contributed by atoms with Gasteiger partial charge in [-0.2, -0.15) is 0 Å². The van der Waals surface area contributed by atoms with Crippen LogP contribution in [0.1, 0.15) is 19.5 Å². The summed E-state index contributed by atoms with van der Waals surface area (Å²) in [7, 11) is 3.90. The van der Waals surface area contributed by atoms with E-state index < -0.39 is 0 Å². The smallest absolute Gasteiger partial charge is 0.0967 e. The van der Waals surface area contributed by atoms with Crippen LogP contribution in [-0.2, 0) is 13.6 Å². The van der Waals surface area contributed by atoms with Gasteiger partial charge in [0.15, 0.2) is 0 Å². The average Bonchev–Trinajstić information content (AvgIpc) is 2.51. The fraction of sp³-hybridized carbons (Fsp3) is 0.778. The van der Waals surface area contributed by atoms with Crippen molar-refractivity contribution in [3.8, 4) is 0 Å². The number of alkyl halides is 1. The van der Waals surface area contributed by atoms with Crippen LogP contribution in [0.2, 0.25) is 0 Å². The lowest BCUT2D eigenvalue weighted by Crippen LogP contribution is -2.42. The SMILES string of the molecule is CN(Cc1cn(C)nn1)C(C)(C)CCl. The van der Waals surface area contributed by atoms with Crippen LogP contribution in [-0.4, -0.2) is 38.4 Å². The molecule has 1 aromatic heterocycles. The summed E-state index contributed by atoms with van der Waals surface area (Å²) >= 11 is 5.88. The van der Waals surface area contributed by atoms with Crippen LogP contribution < -0.4 is 0 Å². The van der Waals surface area contributed by atoms with Gasteiger partial charge < -0.3 is 0 Å². The first-order valence-corrected chi connectivity index (χ1v) is 5.11. The quantitative estimate of drug-likeness (QED) is 0.711. The molecule has 0 saturated heterocycles. The second-order valence-electron chi connectivity index (χ2n) is 4.19. The molecule has 1 aromatic rings. The molecule has 0 aromatic carbocycles. The molecule has 80 valence electrons. The van der Waals surface area contributed by atoms with Crippen LogP contribution in [0.4, 0.5) is 0 Å². The predicted octanol–water partition coefficient (Wildman–Crippen LogP) is 1.26. The molecule has 0 aliphatic rings. The van der Waals surface area contributed by atoms with Gasteiger partial charge in [0.1, 0.15) is 0 Å². The Hall–Kier alpha value is -0.610. The summed E-state index contributed by atoms with van der Waals surface area (Å²) < 4.78 is 1.71. The van der Waals surface area contributed by atoms with Gasteiger partial charge in [0.25, 0.3) is 0 Å². The highest BCUT2D eigenvalue weighted by Gasteiger charge is 2.22. The number of nitrogens with zero attached hydrogens (tertiary/aromatic N) is 4. The minimum atomic E-state index is -0.0148. The molecule has 0 bridgehead atoms. The monoisotopic (exact) mass is 216 g/mol. The van der Waals surface area contributed by atoms with Crippen LogP contribution in [0.15, 0.2) is 6.20 Å². The molecule has 1 heterocycles. The first-order valence-electron chi connectivity index (χ1n) is 4.58. The topological polar surface area (TPSA) is 34.0 Å². The lowest BCUT2D eigenvalue weighted by atomic mass is 10.1. The van der Waals surface area contributed by atoms with Crippen LogP contribution in [0.25, 0.3) is 0 Å². The van der Waals surface area contributed by atoms with Crippen molar-refractivity contribution in [2.45, 2.75) is 25.9 Å². The van der Waals surface area contributed by atoms with Crippen molar-refractivity contribution >= 4 is 11.6 Å². The molecule has 0 aliphatic carbocycles. The maximum absolute atomic E-state index is 5.88. The minimum absolute atomic E-state index is 0.0148. The third-order valence-corrected chi connectivity index (χ3v) is 3.06. The van der Waals surface area contributed by atoms with Gasteiger partial charge in [-0.1, -0.05) is 5.21 Å². The van der Waals surface area contributed by atoms with Crippen LogP contribution in [0, 0.1) is 0 Å². The first-order chi connectivity index (χ1) is 6.45. The Morgan fingerprint density at radius 2 is 2.21 bits per heavy atom. The number of hydrogen-bond donors (Lipinski definition) is 0. The lowest BCUT2D eigenvalue weighted by Gasteiger charge is -2.33. The molecule has 0 fully saturated rings. The molecule has 0 N–H and O–H groups in total. The van der Waals surface area contributed by atoms with E-state index >= 15 is 0 Å². The van der Waals surface area contributed by atoms with E-state index in [2.05, 4.69) is 29.1 Å². The highest BCUT2D eigenvalue weighted by molar-refractivity contribution is 6.18. The molecule has 5 heteroatoms. The molecule has 4 nitrogen and oxygen atoms in total. The summed E-state index contributed by atoms with van der Waals surface area (Å²) in [5.41, 5.74) is 0.951. The number of aryl methyl sites for hydroxylation is 1. The van der Waals surface area contributed by atoms with E-state index in [0.717, 1.165) is 12.2 Å². The van der Waals surface area contributed by atoms with Crippen molar-refractivity contribution in [1.82, 2.24) is 19.9 Å². The second kappa shape index (κ2) is 4.28. The standard InChI is InChI=1S/C9H17ClN4/c1-9(2,7-10)13(3)5-8-6-14(4)12-11-8/h6H,5,7H2,1-4H3. The molecule has 0 amide bonds. The van der Waals surface area contributed by atoms with E-state index in [0.29, 0.717) is 5.88 Å². The van der Waals surface area contributed by atoms with Crippen LogP contribution >= 0.6 is 11.6 Å². The van der Waals surface area contributed by atoms with Gasteiger partial charge in [-0.05, 0) is 20.9 Å². The molecular weight excluding hydrogens is 200 g/mol. The summed E-state index contributed by atoms with van der Waals surface area (Å²) in [4.78, 5) is 2.17. The maximum atomic E-state index is 5.88. The summed E-state index contributed by atoms with van der Waals surface area (Å²) in [6, 6.07) is 0.